The Bertz CT molecular complexity index is 1040. The Labute approximate surface area is 164 Å². The number of amides is 2. The fraction of sp³-hybridized carbons (Fsp3) is 0.211. The van der Waals surface area contributed by atoms with Crippen LogP contribution in [0.3, 0.4) is 0 Å². The molecule has 1 unspecified atom stereocenters. The number of carbonyl (C=O) groups excluding carboxylic acids is 1. The largest absolute Gasteiger partial charge is 0.337 e. The molecular formula is C19H16FN5O4. The fourth-order valence-corrected chi connectivity index (χ4v) is 3.22. The third-order valence-corrected chi connectivity index (χ3v) is 4.67. The van der Waals surface area contributed by atoms with E-state index in [0.29, 0.717) is 35.9 Å². The summed E-state index contributed by atoms with van der Waals surface area (Å²) in [6, 6.07) is 10.6. The third-order valence-electron chi connectivity index (χ3n) is 4.67. The zero-order valence-corrected chi connectivity index (χ0v) is 15.1. The van der Waals surface area contributed by atoms with E-state index in [-0.39, 0.29) is 23.6 Å². The van der Waals surface area contributed by atoms with E-state index >= 15 is 0 Å². The lowest BCUT2D eigenvalue weighted by molar-refractivity contribution is -0.384. The fourth-order valence-electron chi connectivity index (χ4n) is 3.22. The Hall–Kier alpha value is -3.82. The van der Waals surface area contributed by atoms with Gasteiger partial charge in [-0.1, -0.05) is 5.16 Å². The number of likely N-dealkylation sites (tertiary alicyclic amines) is 1. The monoisotopic (exact) mass is 397 g/mol. The van der Waals surface area contributed by atoms with Gasteiger partial charge in [-0.05, 0) is 49.2 Å². The first-order chi connectivity index (χ1) is 14.0. The minimum atomic E-state index is -0.504. The van der Waals surface area contributed by atoms with Crippen LogP contribution < -0.4 is 5.32 Å². The highest BCUT2D eigenvalue weighted by Crippen LogP contribution is 2.32. The summed E-state index contributed by atoms with van der Waals surface area (Å²) >= 11 is 0. The molecular weight excluding hydrogens is 381 g/mol. The van der Waals surface area contributed by atoms with Gasteiger partial charge in [-0.25, -0.2) is 9.18 Å². The average molecular weight is 397 g/mol. The molecule has 1 saturated heterocycles. The molecule has 29 heavy (non-hydrogen) atoms. The second kappa shape index (κ2) is 7.66. The molecule has 1 fully saturated rings. The van der Waals surface area contributed by atoms with Crippen molar-refractivity contribution in [3.05, 3.63) is 70.4 Å². The molecule has 4 rings (SSSR count). The van der Waals surface area contributed by atoms with Crippen LogP contribution in [-0.2, 0) is 0 Å². The Kier molecular flexibility index (Phi) is 4.90. The molecule has 3 aromatic rings. The van der Waals surface area contributed by atoms with E-state index in [4.69, 9.17) is 4.52 Å². The van der Waals surface area contributed by atoms with E-state index in [2.05, 4.69) is 15.5 Å². The molecule has 9 nitrogen and oxygen atoms in total. The highest BCUT2D eigenvalue weighted by molar-refractivity contribution is 5.89. The Morgan fingerprint density at radius 1 is 1.21 bits per heavy atom. The number of rotatable bonds is 4. The molecule has 1 aromatic heterocycles. The number of anilines is 1. The van der Waals surface area contributed by atoms with Crippen LogP contribution in [0.15, 0.2) is 53.1 Å². The van der Waals surface area contributed by atoms with Gasteiger partial charge in [-0.15, -0.1) is 0 Å². The number of halogens is 1. The molecule has 2 heterocycles. The molecule has 1 N–H and O–H groups in total. The van der Waals surface area contributed by atoms with Crippen LogP contribution in [0.4, 0.5) is 20.6 Å². The van der Waals surface area contributed by atoms with Crippen molar-refractivity contribution in [2.24, 2.45) is 0 Å². The van der Waals surface area contributed by atoms with E-state index in [1.54, 1.807) is 17.0 Å². The number of urea groups is 1. The smallest absolute Gasteiger partial charge is 0.322 e. The van der Waals surface area contributed by atoms with Crippen LogP contribution in [-0.4, -0.2) is 32.5 Å². The number of nitrogens with zero attached hydrogens (tertiary/aromatic N) is 4. The number of nitro groups is 1. The number of nitrogens with one attached hydrogen (secondary N) is 1. The molecule has 1 atom stereocenters. The molecule has 148 valence electrons. The predicted octanol–water partition coefficient (Wildman–Crippen LogP) is 4.15. The summed E-state index contributed by atoms with van der Waals surface area (Å²) in [5.41, 5.74) is 1.01. The van der Waals surface area contributed by atoms with Crippen molar-refractivity contribution in [3.8, 4) is 11.4 Å². The predicted molar refractivity (Wildman–Crippen MR) is 100 cm³/mol. The topological polar surface area (TPSA) is 114 Å². The Morgan fingerprint density at radius 2 is 1.93 bits per heavy atom. The van der Waals surface area contributed by atoms with E-state index in [9.17, 15) is 19.3 Å². The van der Waals surface area contributed by atoms with Gasteiger partial charge in [0.25, 0.3) is 5.69 Å². The van der Waals surface area contributed by atoms with Gasteiger partial charge in [0.05, 0.1) is 4.92 Å². The lowest BCUT2D eigenvalue weighted by atomic mass is 10.2. The second-order valence-electron chi connectivity index (χ2n) is 6.55. The lowest BCUT2D eigenvalue weighted by Gasteiger charge is -2.22. The Balaban J connectivity index is 1.48. The van der Waals surface area contributed by atoms with Crippen LogP contribution >= 0.6 is 0 Å². The van der Waals surface area contributed by atoms with Gasteiger partial charge in [0, 0.05) is 29.9 Å². The quantitative estimate of drug-likeness (QED) is 0.522. The van der Waals surface area contributed by atoms with Gasteiger partial charge >= 0.3 is 6.03 Å². The van der Waals surface area contributed by atoms with E-state index in [1.807, 2.05) is 0 Å². The average Bonchev–Trinajstić information content (AvgIpc) is 3.38. The van der Waals surface area contributed by atoms with Crippen LogP contribution in [0, 0.1) is 15.9 Å². The SMILES string of the molecule is O=C(Nc1ccc([N+](=O)[O-])cc1)N1CCCC1c1nc(-c2ccc(F)cc2)no1. The minimum absolute atomic E-state index is 0.0544. The highest BCUT2D eigenvalue weighted by atomic mass is 19.1. The molecule has 0 spiro atoms. The minimum Gasteiger partial charge on any atom is -0.337 e. The van der Waals surface area contributed by atoms with Crippen molar-refractivity contribution in [1.29, 1.82) is 0 Å². The van der Waals surface area contributed by atoms with Crippen molar-refractivity contribution in [1.82, 2.24) is 15.0 Å². The van der Waals surface area contributed by atoms with Crippen LogP contribution in [0.2, 0.25) is 0 Å². The summed E-state index contributed by atoms with van der Waals surface area (Å²) in [5, 5.41) is 17.4. The normalized spacial score (nSPS) is 16.0. The number of non-ortho nitro benzene ring substituents is 1. The summed E-state index contributed by atoms with van der Waals surface area (Å²) in [7, 11) is 0. The maximum Gasteiger partial charge on any atom is 0.322 e. The summed E-state index contributed by atoms with van der Waals surface area (Å²) in [4.78, 5) is 28.9. The summed E-state index contributed by atoms with van der Waals surface area (Å²) in [6.07, 6.45) is 1.44. The van der Waals surface area contributed by atoms with Crippen LogP contribution in [0.1, 0.15) is 24.8 Å². The van der Waals surface area contributed by atoms with Gasteiger partial charge < -0.3 is 14.7 Å². The van der Waals surface area contributed by atoms with Crippen molar-refractivity contribution >= 4 is 17.4 Å². The number of hydrogen-bond donors (Lipinski definition) is 1. The van der Waals surface area contributed by atoms with Gasteiger partial charge in [0.2, 0.25) is 11.7 Å². The molecule has 1 aliphatic heterocycles. The van der Waals surface area contributed by atoms with Crippen LogP contribution in [0.25, 0.3) is 11.4 Å². The van der Waals surface area contributed by atoms with Gasteiger partial charge in [-0.3, -0.25) is 10.1 Å². The number of benzene rings is 2. The molecule has 0 aliphatic carbocycles. The van der Waals surface area contributed by atoms with Gasteiger partial charge in [0.1, 0.15) is 11.9 Å². The summed E-state index contributed by atoms with van der Waals surface area (Å²) in [6.45, 7) is 0.512. The standard InChI is InChI=1S/C19H16FN5O4/c20-13-5-3-12(4-6-13)17-22-18(29-23-17)16-2-1-11-24(16)19(26)21-14-7-9-15(10-8-14)25(27)28/h3-10,16H,1-2,11H2,(H,21,26). The summed E-state index contributed by atoms with van der Waals surface area (Å²) < 4.78 is 18.4. The maximum atomic E-state index is 13.1. The zero-order chi connectivity index (χ0) is 20.4. The maximum absolute atomic E-state index is 13.1. The lowest BCUT2D eigenvalue weighted by Crippen LogP contribution is -2.34. The van der Waals surface area contributed by atoms with Gasteiger partial charge in [0.15, 0.2) is 0 Å². The van der Waals surface area contributed by atoms with Crippen molar-refractivity contribution < 1.29 is 18.6 Å². The Morgan fingerprint density at radius 3 is 2.62 bits per heavy atom. The highest BCUT2D eigenvalue weighted by Gasteiger charge is 2.34. The first-order valence-electron chi connectivity index (χ1n) is 8.93. The molecule has 0 bridgehead atoms. The molecule has 1 aliphatic rings. The number of aromatic nitrogens is 2. The van der Waals surface area contributed by atoms with Crippen molar-refractivity contribution in [2.45, 2.75) is 18.9 Å². The van der Waals surface area contributed by atoms with E-state index in [0.717, 1.165) is 6.42 Å². The van der Waals surface area contributed by atoms with E-state index < -0.39 is 4.92 Å². The third kappa shape index (κ3) is 3.91. The van der Waals surface area contributed by atoms with Gasteiger partial charge in [-0.2, -0.15) is 4.98 Å². The molecule has 2 aromatic carbocycles. The first-order valence-corrected chi connectivity index (χ1v) is 8.93. The first kappa shape index (κ1) is 18.5. The second-order valence-corrected chi connectivity index (χ2v) is 6.55. The summed E-state index contributed by atoms with van der Waals surface area (Å²) in [5.74, 6) is 0.269. The van der Waals surface area contributed by atoms with Crippen molar-refractivity contribution in [3.63, 3.8) is 0 Å². The number of nitro benzene ring substituents is 1. The van der Waals surface area contributed by atoms with Crippen LogP contribution in [0.5, 0.6) is 0 Å². The number of carbonyl (C=O) groups is 1. The molecule has 2 amide bonds. The molecule has 10 heteroatoms. The number of hydrogen-bond acceptors (Lipinski definition) is 6. The molecule has 0 saturated carbocycles. The van der Waals surface area contributed by atoms with Crippen molar-refractivity contribution in [2.75, 3.05) is 11.9 Å². The van der Waals surface area contributed by atoms with E-state index in [1.165, 1.54) is 36.4 Å². The molecule has 0 radical (unpaired) electrons. The zero-order valence-electron chi connectivity index (χ0n) is 15.1.